The molecule has 0 amide bonds. The summed E-state index contributed by atoms with van der Waals surface area (Å²) in [7, 11) is -2.46. The van der Waals surface area contributed by atoms with Crippen molar-refractivity contribution in [1.29, 1.82) is 0 Å². The number of nitrogens with zero attached hydrogens (tertiary/aromatic N) is 3. The fourth-order valence-corrected chi connectivity index (χ4v) is 3.62. The van der Waals surface area contributed by atoms with Gasteiger partial charge in [-0.05, 0) is 44.0 Å². The molecule has 0 radical (unpaired) electrons. The SMILES string of the molecule is COC(=O)c1ccccc1-n1cc(CCCOS(=O)(=O)c2ccc(C)cc2)nn1. The van der Waals surface area contributed by atoms with Crippen molar-refractivity contribution in [2.24, 2.45) is 0 Å². The van der Waals surface area contributed by atoms with Crippen LogP contribution in [0, 0.1) is 6.92 Å². The van der Waals surface area contributed by atoms with Crippen LogP contribution in [0.25, 0.3) is 5.69 Å². The van der Waals surface area contributed by atoms with E-state index in [1.54, 1.807) is 42.6 Å². The second-order valence-electron chi connectivity index (χ2n) is 6.36. The smallest absolute Gasteiger partial charge is 0.340 e. The van der Waals surface area contributed by atoms with E-state index in [0.29, 0.717) is 29.8 Å². The standard InChI is InChI=1S/C20H21N3O5S/c1-15-9-11-17(12-10-15)29(25,26)28-13-5-6-16-14-23(22-21-16)19-8-4-3-7-18(19)20(24)27-2/h3-4,7-12,14H,5-6,13H2,1-2H3. The average molecular weight is 415 g/mol. The summed E-state index contributed by atoms with van der Waals surface area (Å²) in [5, 5.41) is 8.12. The largest absolute Gasteiger partial charge is 0.465 e. The van der Waals surface area contributed by atoms with Crippen LogP contribution in [-0.2, 0) is 25.5 Å². The van der Waals surface area contributed by atoms with Crippen molar-refractivity contribution >= 4 is 16.1 Å². The van der Waals surface area contributed by atoms with E-state index in [9.17, 15) is 13.2 Å². The van der Waals surface area contributed by atoms with Gasteiger partial charge in [-0.1, -0.05) is 35.0 Å². The van der Waals surface area contributed by atoms with Crippen molar-refractivity contribution < 1.29 is 22.1 Å². The molecule has 0 fully saturated rings. The first-order chi connectivity index (χ1) is 13.9. The Morgan fingerprint density at radius 1 is 1.10 bits per heavy atom. The highest BCUT2D eigenvalue weighted by molar-refractivity contribution is 7.86. The third kappa shape index (κ3) is 5.07. The quantitative estimate of drug-likeness (QED) is 0.317. The molecule has 0 saturated heterocycles. The third-order valence-electron chi connectivity index (χ3n) is 4.22. The summed E-state index contributed by atoms with van der Waals surface area (Å²) in [5.74, 6) is -0.465. The Labute approximate surface area is 169 Å². The van der Waals surface area contributed by atoms with Gasteiger partial charge in [0.15, 0.2) is 0 Å². The highest BCUT2D eigenvalue weighted by Crippen LogP contribution is 2.16. The Bertz CT molecular complexity index is 1090. The molecule has 0 aliphatic carbocycles. The summed E-state index contributed by atoms with van der Waals surface area (Å²) >= 11 is 0. The van der Waals surface area contributed by atoms with Crippen LogP contribution in [0.2, 0.25) is 0 Å². The maximum Gasteiger partial charge on any atom is 0.340 e. The zero-order chi connectivity index (χ0) is 20.9. The molecule has 152 valence electrons. The van der Waals surface area contributed by atoms with E-state index in [1.807, 2.05) is 6.92 Å². The third-order valence-corrected chi connectivity index (χ3v) is 5.55. The van der Waals surface area contributed by atoms with Crippen molar-refractivity contribution in [2.45, 2.75) is 24.7 Å². The summed E-state index contributed by atoms with van der Waals surface area (Å²) < 4.78 is 35.7. The summed E-state index contributed by atoms with van der Waals surface area (Å²) in [6.07, 6.45) is 2.61. The maximum absolute atomic E-state index is 12.2. The van der Waals surface area contributed by atoms with Crippen LogP contribution < -0.4 is 0 Å². The summed E-state index contributed by atoms with van der Waals surface area (Å²) in [5.41, 5.74) is 2.55. The zero-order valence-electron chi connectivity index (χ0n) is 16.1. The lowest BCUT2D eigenvalue weighted by Gasteiger charge is -2.06. The van der Waals surface area contributed by atoms with Crippen molar-refractivity contribution in [3.63, 3.8) is 0 Å². The monoisotopic (exact) mass is 415 g/mol. The molecule has 0 N–H and O–H groups in total. The Morgan fingerprint density at radius 3 is 2.55 bits per heavy atom. The first-order valence-corrected chi connectivity index (χ1v) is 10.4. The van der Waals surface area contributed by atoms with Crippen LogP contribution in [0.15, 0.2) is 59.6 Å². The van der Waals surface area contributed by atoms with Gasteiger partial charge in [-0.25, -0.2) is 9.48 Å². The molecular formula is C20H21N3O5S. The van der Waals surface area contributed by atoms with Gasteiger partial charge in [0.2, 0.25) is 0 Å². The van der Waals surface area contributed by atoms with Gasteiger partial charge in [0.1, 0.15) is 0 Å². The van der Waals surface area contributed by atoms with Crippen LogP contribution in [0.5, 0.6) is 0 Å². The number of aromatic nitrogens is 3. The van der Waals surface area contributed by atoms with Crippen molar-refractivity contribution in [1.82, 2.24) is 15.0 Å². The number of benzene rings is 2. The number of carbonyl (C=O) groups excluding carboxylic acids is 1. The molecule has 3 rings (SSSR count). The molecule has 0 aliphatic rings. The fourth-order valence-electron chi connectivity index (χ4n) is 2.68. The zero-order valence-corrected chi connectivity index (χ0v) is 16.9. The van der Waals surface area contributed by atoms with E-state index in [4.69, 9.17) is 8.92 Å². The van der Waals surface area contributed by atoms with E-state index >= 15 is 0 Å². The van der Waals surface area contributed by atoms with Gasteiger partial charge in [-0.2, -0.15) is 8.42 Å². The molecule has 29 heavy (non-hydrogen) atoms. The van der Waals surface area contributed by atoms with E-state index in [0.717, 1.165) is 5.56 Å². The maximum atomic E-state index is 12.2. The van der Waals surface area contributed by atoms with Crippen LogP contribution in [0.4, 0.5) is 0 Å². The summed E-state index contributed by atoms with van der Waals surface area (Å²) in [6.45, 7) is 1.91. The van der Waals surface area contributed by atoms with Crippen LogP contribution >= 0.6 is 0 Å². The molecule has 1 aromatic heterocycles. The minimum absolute atomic E-state index is 0.0296. The topological polar surface area (TPSA) is 100 Å². The fraction of sp³-hybridized carbons (Fsp3) is 0.250. The van der Waals surface area contributed by atoms with Crippen molar-refractivity contribution in [3.8, 4) is 5.69 Å². The number of ether oxygens (including phenoxy) is 1. The van der Waals surface area contributed by atoms with Gasteiger partial charge in [-0.15, -0.1) is 5.10 Å². The molecule has 0 saturated carbocycles. The number of hydrogen-bond acceptors (Lipinski definition) is 7. The van der Waals surface area contributed by atoms with Crippen LogP contribution in [-0.4, -0.2) is 43.1 Å². The highest BCUT2D eigenvalue weighted by Gasteiger charge is 2.16. The number of aryl methyl sites for hydroxylation is 2. The summed E-state index contributed by atoms with van der Waals surface area (Å²) in [6, 6.07) is 13.4. The predicted molar refractivity (Wildman–Crippen MR) is 105 cm³/mol. The first-order valence-electron chi connectivity index (χ1n) is 8.96. The van der Waals surface area contributed by atoms with E-state index < -0.39 is 16.1 Å². The molecule has 2 aromatic carbocycles. The number of para-hydroxylation sites is 1. The van der Waals surface area contributed by atoms with Gasteiger partial charge in [-0.3, -0.25) is 4.18 Å². The lowest BCUT2D eigenvalue weighted by Crippen LogP contribution is -2.08. The van der Waals surface area contributed by atoms with E-state index in [2.05, 4.69) is 10.3 Å². The normalized spacial score (nSPS) is 11.4. The van der Waals surface area contributed by atoms with Crippen molar-refractivity contribution in [3.05, 3.63) is 71.5 Å². The molecule has 0 unspecified atom stereocenters. The van der Waals surface area contributed by atoms with Gasteiger partial charge in [0.05, 0.1) is 41.8 Å². The molecule has 3 aromatic rings. The minimum Gasteiger partial charge on any atom is -0.465 e. The molecule has 0 bridgehead atoms. The van der Waals surface area contributed by atoms with Gasteiger partial charge in [0.25, 0.3) is 10.1 Å². The molecule has 0 atom stereocenters. The molecular weight excluding hydrogens is 394 g/mol. The van der Waals surface area contributed by atoms with Gasteiger partial charge >= 0.3 is 5.97 Å². The molecule has 9 heteroatoms. The number of esters is 1. The van der Waals surface area contributed by atoms with Gasteiger partial charge < -0.3 is 4.74 Å². The van der Waals surface area contributed by atoms with Crippen LogP contribution in [0.3, 0.4) is 0 Å². The predicted octanol–water partition coefficient (Wildman–Crippen LogP) is 2.70. The second-order valence-corrected chi connectivity index (χ2v) is 7.97. The number of methoxy groups -OCH3 is 1. The number of rotatable bonds is 8. The lowest BCUT2D eigenvalue weighted by atomic mass is 10.2. The molecule has 8 nitrogen and oxygen atoms in total. The van der Waals surface area contributed by atoms with Crippen LogP contribution in [0.1, 0.15) is 28.0 Å². The number of hydrogen-bond donors (Lipinski definition) is 0. The van der Waals surface area contributed by atoms with E-state index in [1.165, 1.54) is 23.9 Å². The Morgan fingerprint density at radius 2 is 1.83 bits per heavy atom. The number of carbonyl (C=O) groups is 1. The molecule has 1 heterocycles. The Balaban J connectivity index is 1.59. The van der Waals surface area contributed by atoms with Crippen molar-refractivity contribution in [2.75, 3.05) is 13.7 Å². The molecule has 0 aliphatic heterocycles. The van der Waals surface area contributed by atoms with E-state index in [-0.39, 0.29) is 11.5 Å². The molecule has 0 spiro atoms. The lowest BCUT2D eigenvalue weighted by molar-refractivity contribution is 0.0600. The Kier molecular flexibility index (Phi) is 6.40. The average Bonchev–Trinajstić information content (AvgIpc) is 3.20. The highest BCUT2D eigenvalue weighted by atomic mass is 32.2. The Hall–Kier alpha value is -3.04. The summed E-state index contributed by atoms with van der Waals surface area (Å²) in [4.78, 5) is 12.0. The first kappa shape index (κ1) is 20.7. The second kappa shape index (κ2) is 8.97. The minimum atomic E-state index is -3.78. The van der Waals surface area contributed by atoms with Gasteiger partial charge in [0, 0.05) is 0 Å².